The highest BCUT2D eigenvalue weighted by Gasteiger charge is 2.33. The minimum absolute atomic E-state index is 0.0891. The summed E-state index contributed by atoms with van der Waals surface area (Å²) < 4.78 is 23.0. The third-order valence-electron chi connectivity index (χ3n) is 7.85. The molecule has 1 N–H and O–H groups in total. The number of methoxy groups -OCH3 is 3. The number of nitrogens with one attached hydrogen (secondary N) is 1. The summed E-state index contributed by atoms with van der Waals surface area (Å²) in [6.45, 7) is 1.03. The van der Waals surface area contributed by atoms with Crippen LogP contribution in [0.3, 0.4) is 0 Å². The molecule has 4 aromatic rings. The summed E-state index contributed by atoms with van der Waals surface area (Å²) >= 11 is 0. The van der Waals surface area contributed by atoms with Crippen LogP contribution in [0, 0.1) is 0 Å². The van der Waals surface area contributed by atoms with Crippen LogP contribution in [0.5, 0.6) is 11.5 Å². The number of benzene rings is 3. The molecule has 2 atom stereocenters. The fourth-order valence-electron chi connectivity index (χ4n) is 5.45. The number of nitrogens with zero attached hydrogens (tertiary/aromatic N) is 4. The molecule has 0 radical (unpaired) electrons. The van der Waals surface area contributed by atoms with Crippen LogP contribution in [0.2, 0.25) is 0 Å². The van der Waals surface area contributed by atoms with Crippen molar-refractivity contribution in [3.8, 4) is 11.5 Å². The topological polar surface area (TPSA) is 134 Å². The van der Waals surface area contributed by atoms with Gasteiger partial charge < -0.3 is 29.2 Å². The first-order valence-corrected chi connectivity index (χ1v) is 14.8. The second kappa shape index (κ2) is 14.7. The van der Waals surface area contributed by atoms with Gasteiger partial charge in [-0.05, 0) is 66.8 Å². The largest absolute Gasteiger partial charge is 0.493 e. The second-order valence-corrected chi connectivity index (χ2v) is 10.7. The van der Waals surface area contributed by atoms with Gasteiger partial charge in [0.15, 0.2) is 11.5 Å². The summed E-state index contributed by atoms with van der Waals surface area (Å²) in [5.41, 5.74) is 3.11. The van der Waals surface area contributed by atoms with Crippen molar-refractivity contribution in [2.75, 3.05) is 41.0 Å². The highest BCUT2D eigenvalue weighted by molar-refractivity contribution is 5.91. The van der Waals surface area contributed by atoms with Crippen LogP contribution in [-0.4, -0.2) is 84.8 Å². The van der Waals surface area contributed by atoms with E-state index in [0.29, 0.717) is 53.2 Å². The molecule has 2 heterocycles. The number of hydrogen-bond donors (Lipinski definition) is 1. The second-order valence-electron chi connectivity index (χ2n) is 10.7. The van der Waals surface area contributed by atoms with Gasteiger partial charge in [-0.15, -0.1) is 5.10 Å². The number of amides is 2. The standard InChI is InChI=1S/C33H37N5O7/c1-42-28-15-10-22(19-29(28)43-2)16-17-37(30(39)21-38-27-9-5-4-8-26(27)35-36-38)31(32(40)34-20-25-7-6-18-45-25)23-11-13-24(14-12-23)33(41)44-3/h4-5,8-15,19,25,31H,6-7,16-18,20-21H2,1-3H3,(H,34,40)/t25-,31+/m0/s1. The van der Waals surface area contributed by atoms with Gasteiger partial charge in [0.25, 0.3) is 0 Å². The fraction of sp³-hybridized carbons (Fsp3) is 0.364. The van der Waals surface area contributed by atoms with Crippen LogP contribution < -0.4 is 14.8 Å². The first-order chi connectivity index (χ1) is 21.9. The average molecular weight is 616 g/mol. The Morgan fingerprint density at radius 3 is 2.51 bits per heavy atom. The van der Waals surface area contributed by atoms with Crippen molar-refractivity contribution in [1.29, 1.82) is 0 Å². The molecular formula is C33H37N5O7. The van der Waals surface area contributed by atoms with Gasteiger partial charge >= 0.3 is 5.97 Å². The number of fused-ring (bicyclic) bond motifs is 1. The minimum atomic E-state index is -1.01. The molecule has 45 heavy (non-hydrogen) atoms. The zero-order valence-corrected chi connectivity index (χ0v) is 25.6. The summed E-state index contributed by atoms with van der Waals surface area (Å²) in [6.07, 6.45) is 2.11. The van der Waals surface area contributed by atoms with Gasteiger partial charge in [0, 0.05) is 19.7 Å². The molecule has 1 aromatic heterocycles. The third-order valence-corrected chi connectivity index (χ3v) is 7.85. The van der Waals surface area contributed by atoms with Crippen molar-refractivity contribution < 1.29 is 33.3 Å². The summed E-state index contributed by atoms with van der Waals surface area (Å²) in [7, 11) is 4.43. The highest BCUT2D eigenvalue weighted by atomic mass is 16.5. The number of rotatable bonds is 13. The van der Waals surface area contributed by atoms with Crippen molar-refractivity contribution in [2.45, 2.75) is 38.0 Å². The first kappa shape index (κ1) is 31.5. The number of aromatic nitrogens is 3. The predicted octanol–water partition coefficient (Wildman–Crippen LogP) is 3.34. The summed E-state index contributed by atoms with van der Waals surface area (Å²) in [5, 5.41) is 11.4. The van der Waals surface area contributed by atoms with Crippen LogP contribution in [0.4, 0.5) is 0 Å². The van der Waals surface area contributed by atoms with E-state index in [9.17, 15) is 14.4 Å². The molecule has 1 aliphatic rings. The van der Waals surface area contributed by atoms with E-state index < -0.39 is 12.0 Å². The number of esters is 1. The van der Waals surface area contributed by atoms with Crippen LogP contribution in [0.25, 0.3) is 11.0 Å². The molecule has 12 nitrogen and oxygen atoms in total. The third kappa shape index (κ3) is 7.40. The summed E-state index contributed by atoms with van der Waals surface area (Å²) in [6, 6.07) is 18.4. The van der Waals surface area contributed by atoms with E-state index in [1.165, 1.54) is 11.8 Å². The monoisotopic (exact) mass is 615 g/mol. The Bertz CT molecular complexity index is 1630. The molecule has 1 aliphatic heterocycles. The smallest absolute Gasteiger partial charge is 0.337 e. The van der Waals surface area contributed by atoms with Crippen molar-refractivity contribution in [2.24, 2.45) is 0 Å². The Balaban J connectivity index is 1.49. The molecule has 12 heteroatoms. The number of carbonyl (C=O) groups excluding carboxylic acids is 3. The van der Waals surface area contributed by atoms with E-state index in [4.69, 9.17) is 18.9 Å². The van der Waals surface area contributed by atoms with Crippen molar-refractivity contribution >= 4 is 28.8 Å². The number of ether oxygens (including phenoxy) is 4. The number of carbonyl (C=O) groups is 3. The SMILES string of the molecule is COC(=O)c1ccc([C@H](C(=O)NC[C@@H]2CCCO2)N(CCc2ccc(OC)c(OC)c2)C(=O)Cn2nnc3ccccc32)cc1. The Kier molecular flexibility index (Phi) is 10.3. The van der Waals surface area contributed by atoms with Crippen molar-refractivity contribution in [1.82, 2.24) is 25.2 Å². The van der Waals surface area contributed by atoms with E-state index >= 15 is 0 Å². The van der Waals surface area contributed by atoms with Crippen LogP contribution in [0.15, 0.2) is 66.7 Å². The molecule has 3 aromatic carbocycles. The van der Waals surface area contributed by atoms with Crippen LogP contribution in [-0.2, 0) is 32.0 Å². The minimum Gasteiger partial charge on any atom is -0.493 e. The van der Waals surface area contributed by atoms with Gasteiger partial charge in [-0.1, -0.05) is 35.5 Å². The van der Waals surface area contributed by atoms with E-state index in [1.54, 1.807) is 49.5 Å². The van der Waals surface area contributed by atoms with Crippen molar-refractivity contribution in [3.05, 3.63) is 83.4 Å². The quantitative estimate of drug-likeness (QED) is 0.225. The van der Waals surface area contributed by atoms with Gasteiger partial charge in [0.05, 0.1) is 38.5 Å². The van der Waals surface area contributed by atoms with Gasteiger partial charge in [0.1, 0.15) is 18.1 Å². The first-order valence-electron chi connectivity index (χ1n) is 14.8. The normalized spacial score (nSPS) is 15.0. The molecule has 0 spiro atoms. The molecule has 1 fully saturated rings. The lowest BCUT2D eigenvalue weighted by molar-refractivity contribution is -0.141. The van der Waals surface area contributed by atoms with Crippen LogP contribution in [0.1, 0.15) is 40.4 Å². The maximum Gasteiger partial charge on any atom is 0.337 e. The van der Waals surface area contributed by atoms with E-state index in [1.807, 2.05) is 36.4 Å². The average Bonchev–Trinajstić information content (AvgIpc) is 3.75. The Hall–Kier alpha value is -4.97. The lowest BCUT2D eigenvalue weighted by Crippen LogP contribution is -2.47. The summed E-state index contributed by atoms with van der Waals surface area (Å²) in [4.78, 5) is 41.9. The van der Waals surface area contributed by atoms with Gasteiger partial charge in [-0.3, -0.25) is 9.59 Å². The van der Waals surface area contributed by atoms with Crippen molar-refractivity contribution in [3.63, 3.8) is 0 Å². The Morgan fingerprint density at radius 1 is 1.02 bits per heavy atom. The molecule has 0 unspecified atom stereocenters. The molecule has 0 aliphatic carbocycles. The molecule has 2 amide bonds. The fourth-order valence-corrected chi connectivity index (χ4v) is 5.45. The molecular weight excluding hydrogens is 578 g/mol. The Labute approximate surface area is 261 Å². The number of para-hydroxylation sites is 1. The number of hydrogen-bond acceptors (Lipinski definition) is 9. The van der Waals surface area contributed by atoms with E-state index in [2.05, 4.69) is 15.6 Å². The van der Waals surface area contributed by atoms with Gasteiger partial charge in [-0.25, -0.2) is 9.48 Å². The lowest BCUT2D eigenvalue weighted by Gasteiger charge is -2.32. The Morgan fingerprint density at radius 2 is 1.80 bits per heavy atom. The van der Waals surface area contributed by atoms with E-state index in [-0.39, 0.29) is 31.0 Å². The summed E-state index contributed by atoms with van der Waals surface area (Å²) in [5.74, 6) is -0.0446. The van der Waals surface area contributed by atoms with Crippen LogP contribution >= 0.6 is 0 Å². The lowest BCUT2D eigenvalue weighted by atomic mass is 10.0. The maximum atomic E-state index is 14.2. The predicted molar refractivity (Wildman–Crippen MR) is 165 cm³/mol. The zero-order valence-electron chi connectivity index (χ0n) is 25.6. The molecule has 5 rings (SSSR count). The molecule has 0 bridgehead atoms. The molecule has 0 saturated carbocycles. The van der Waals surface area contributed by atoms with E-state index in [0.717, 1.165) is 18.4 Å². The molecule has 1 saturated heterocycles. The van der Waals surface area contributed by atoms with Gasteiger partial charge in [0.2, 0.25) is 11.8 Å². The maximum absolute atomic E-state index is 14.2. The van der Waals surface area contributed by atoms with Gasteiger partial charge in [-0.2, -0.15) is 0 Å². The highest BCUT2D eigenvalue weighted by Crippen LogP contribution is 2.29. The zero-order chi connectivity index (χ0) is 31.8. The molecule has 236 valence electrons.